The number of hydrogen-bond acceptors (Lipinski definition) is 4. The fourth-order valence-corrected chi connectivity index (χ4v) is 0. The Kier molecular flexibility index (Phi) is 92.2. The second kappa shape index (κ2) is 29.4. The van der Waals surface area contributed by atoms with Gasteiger partial charge in [-0.05, 0) is 0 Å². The number of carbonyl (C=O) groups is 1. The first-order chi connectivity index (χ1) is 3.46. The fraction of sp³-hybridized carbons (Fsp3) is 0.500. The molecule has 0 aliphatic rings. The van der Waals surface area contributed by atoms with Crippen LogP contribution in [0.25, 0.3) is 0 Å². The molecule has 0 aromatic heterocycles. The van der Waals surface area contributed by atoms with Gasteiger partial charge < -0.3 is 45.2 Å². The Morgan fingerprint density at radius 2 is 1.33 bits per heavy atom. The number of carboxylic acid groups (broad SMARTS) is 1. The van der Waals surface area contributed by atoms with Crippen LogP contribution in [-0.2, 0) is 21.9 Å². The van der Waals surface area contributed by atoms with Crippen LogP contribution >= 0.6 is 0 Å². The van der Waals surface area contributed by atoms with Crippen molar-refractivity contribution in [2.45, 2.75) is 6.92 Å². The number of rotatable bonds is 0. The van der Waals surface area contributed by atoms with Crippen LogP contribution in [0.3, 0.4) is 0 Å². The Bertz CT molecular complexity index is 85.4. The van der Waals surface area contributed by atoms with Crippen molar-refractivity contribution in [3.05, 3.63) is 15.3 Å². The van der Waals surface area contributed by atoms with Crippen molar-refractivity contribution >= 4 is 5.97 Å². The number of aliphatic carboxylic acids is 1. The van der Waals surface area contributed by atoms with Gasteiger partial charge in [-0.2, -0.15) is 0 Å². The molecule has 0 saturated carbocycles. The van der Waals surface area contributed by atoms with Gasteiger partial charge in [0.1, 0.15) is 0 Å². The summed E-state index contributed by atoms with van der Waals surface area (Å²) in [5.74, 6) is -0.833. The maximum Gasteiger partial charge on any atom is 2.00 e. The summed E-state index contributed by atoms with van der Waals surface area (Å²) in [5.41, 5.74) is 0. The van der Waals surface area contributed by atoms with E-state index in [9.17, 15) is 0 Å². The molecular weight excluding hydrogens is 292 g/mol. The standard InChI is InChI=1S/C2H4O2.2ClH.Cu.K.NO3/c1-2(3)4;;;;;2-1(3)4/h1H3,(H,3,4);2*1H;;;/q;;;+2;+1;-1/p-2. The van der Waals surface area contributed by atoms with Gasteiger partial charge in [-0.3, -0.25) is 4.79 Å². The largest absolute Gasteiger partial charge is 2.00 e. The molecule has 0 saturated heterocycles. The Labute approximate surface area is 134 Å². The zero-order chi connectivity index (χ0) is 7.15. The van der Waals surface area contributed by atoms with Crippen LogP contribution in [0.1, 0.15) is 6.92 Å². The Hall–Kier alpha value is 1.41. The number of carboxylic acids is 1. The van der Waals surface area contributed by atoms with Crippen molar-refractivity contribution in [1.82, 2.24) is 0 Å². The van der Waals surface area contributed by atoms with Gasteiger partial charge in [0.15, 0.2) is 0 Å². The van der Waals surface area contributed by atoms with Crippen LogP contribution in [0.5, 0.6) is 0 Å². The topological polar surface area (TPSA) is 104 Å². The smallest absolute Gasteiger partial charge is 1.00 e. The van der Waals surface area contributed by atoms with Crippen LogP contribution in [0.4, 0.5) is 0 Å². The molecule has 0 aliphatic carbocycles. The third-order valence-corrected chi connectivity index (χ3v) is 0. The maximum absolute atomic E-state index is 9.00. The zero-order valence-corrected chi connectivity index (χ0v) is 11.7. The first kappa shape index (κ1) is 37.6. The molecule has 0 unspecified atom stereocenters. The average Bonchev–Trinajstić information content (AvgIpc) is 1.25. The summed E-state index contributed by atoms with van der Waals surface area (Å²) in [6, 6.07) is 0. The molecule has 12 heavy (non-hydrogen) atoms. The average molecular weight is 296 g/mol. The van der Waals surface area contributed by atoms with Gasteiger partial charge in [0, 0.05) is 6.92 Å². The molecule has 0 atom stereocenters. The Morgan fingerprint density at radius 1 is 1.33 bits per heavy atom. The second-order valence-corrected chi connectivity index (χ2v) is 0.743. The predicted molar refractivity (Wildman–Crippen MR) is 23.7 cm³/mol. The molecule has 73 valence electrons. The molecule has 0 aromatic rings. The zero-order valence-electron chi connectivity index (χ0n) is 6.08. The minimum absolute atomic E-state index is 0. The molecule has 10 heteroatoms. The Balaban J connectivity index is -0.0000000112. The summed E-state index contributed by atoms with van der Waals surface area (Å²) < 4.78 is 0. The van der Waals surface area contributed by atoms with Gasteiger partial charge >= 0.3 is 68.5 Å². The quantitative estimate of drug-likeness (QED) is 0.271. The van der Waals surface area contributed by atoms with Crippen LogP contribution in [-0.4, -0.2) is 16.2 Å². The van der Waals surface area contributed by atoms with E-state index in [1.54, 1.807) is 0 Å². The van der Waals surface area contributed by atoms with Crippen molar-refractivity contribution in [2.24, 2.45) is 0 Å². The summed E-state index contributed by atoms with van der Waals surface area (Å²) >= 11 is 0. The molecule has 1 N–H and O–H groups in total. The normalized spacial score (nSPS) is 4.08. The number of halogens is 2. The molecule has 0 aliphatic heterocycles. The van der Waals surface area contributed by atoms with Crippen molar-refractivity contribution in [1.29, 1.82) is 0 Å². The Morgan fingerprint density at radius 3 is 1.33 bits per heavy atom. The third-order valence-electron chi connectivity index (χ3n) is 0. The maximum atomic E-state index is 9.00. The summed E-state index contributed by atoms with van der Waals surface area (Å²) in [6.07, 6.45) is 0. The molecule has 0 amide bonds. The van der Waals surface area contributed by atoms with Crippen molar-refractivity contribution in [3.8, 4) is 0 Å². The first-order valence-corrected chi connectivity index (χ1v) is 1.48. The second-order valence-electron chi connectivity index (χ2n) is 0.743. The predicted octanol–water partition coefficient (Wildman–Crippen LogP) is -9.14. The van der Waals surface area contributed by atoms with E-state index in [1.165, 1.54) is 0 Å². The van der Waals surface area contributed by atoms with Gasteiger partial charge in [0.2, 0.25) is 0 Å². The minimum Gasteiger partial charge on any atom is -1.00 e. The van der Waals surface area contributed by atoms with Gasteiger partial charge in [-0.15, -0.1) is 0 Å². The summed E-state index contributed by atoms with van der Waals surface area (Å²) in [7, 11) is 0. The molecule has 0 fully saturated rings. The van der Waals surface area contributed by atoms with Gasteiger partial charge in [0.25, 0.3) is 5.97 Å². The molecule has 0 spiro atoms. The van der Waals surface area contributed by atoms with E-state index in [2.05, 4.69) is 0 Å². The molecular formula is C2H4Cl2CuKNO5. The van der Waals surface area contributed by atoms with Crippen LogP contribution in [0.2, 0.25) is 0 Å². The van der Waals surface area contributed by atoms with Gasteiger partial charge in [0.05, 0.1) is 5.09 Å². The van der Waals surface area contributed by atoms with Gasteiger partial charge in [-0.25, -0.2) is 0 Å². The minimum atomic E-state index is -1.75. The molecule has 0 aromatic carbocycles. The monoisotopic (exact) mass is 294 g/mol. The molecule has 0 heterocycles. The van der Waals surface area contributed by atoms with Crippen LogP contribution in [0.15, 0.2) is 0 Å². The van der Waals surface area contributed by atoms with E-state index in [1.807, 2.05) is 0 Å². The summed E-state index contributed by atoms with van der Waals surface area (Å²) in [6.45, 7) is 1.08. The molecule has 1 radical (unpaired) electrons. The number of hydrogen-bond donors (Lipinski definition) is 1. The fourth-order valence-electron chi connectivity index (χ4n) is 0. The molecule has 0 rings (SSSR count). The van der Waals surface area contributed by atoms with Crippen molar-refractivity contribution < 1.29 is 108 Å². The third kappa shape index (κ3) is 625. The summed E-state index contributed by atoms with van der Waals surface area (Å²) in [4.78, 5) is 17.2. The van der Waals surface area contributed by atoms with Crippen LogP contribution in [0, 0.1) is 15.3 Å². The van der Waals surface area contributed by atoms with Gasteiger partial charge in [-0.1, -0.05) is 0 Å². The van der Waals surface area contributed by atoms with Crippen molar-refractivity contribution in [2.75, 3.05) is 0 Å². The molecule has 0 bridgehead atoms. The van der Waals surface area contributed by atoms with E-state index in [-0.39, 0.29) is 93.3 Å². The van der Waals surface area contributed by atoms with E-state index >= 15 is 0 Å². The first-order valence-electron chi connectivity index (χ1n) is 1.48. The molecule has 6 nitrogen and oxygen atoms in total. The van der Waals surface area contributed by atoms with E-state index in [0.29, 0.717) is 0 Å². The van der Waals surface area contributed by atoms with Crippen molar-refractivity contribution in [3.63, 3.8) is 0 Å². The van der Waals surface area contributed by atoms with E-state index in [4.69, 9.17) is 25.2 Å². The SMILES string of the molecule is CC(=O)O.O=[N+]([O-])[O-].[Cl-].[Cl-].[Cu+2].[K+]. The van der Waals surface area contributed by atoms with E-state index in [0.717, 1.165) is 6.92 Å². The van der Waals surface area contributed by atoms with E-state index < -0.39 is 11.1 Å². The van der Waals surface area contributed by atoms with Crippen LogP contribution < -0.4 is 76.2 Å². The number of nitrogens with zero attached hydrogens (tertiary/aromatic N) is 1. The summed E-state index contributed by atoms with van der Waals surface area (Å²) in [5, 5.41) is 22.2.